The highest BCUT2D eigenvalue weighted by atomic mass is 35.5. The summed E-state index contributed by atoms with van der Waals surface area (Å²) in [6.45, 7) is 0.756. The lowest BCUT2D eigenvalue weighted by Crippen LogP contribution is -2.42. The van der Waals surface area contributed by atoms with Crippen molar-refractivity contribution in [1.82, 2.24) is 10.2 Å². The molecular formula is C19H16Cl2F2N2O4. The van der Waals surface area contributed by atoms with Crippen molar-refractivity contribution in [3.8, 4) is 5.75 Å². The van der Waals surface area contributed by atoms with Crippen molar-refractivity contribution in [2.75, 3.05) is 13.2 Å². The van der Waals surface area contributed by atoms with Gasteiger partial charge in [-0.2, -0.15) is 0 Å². The van der Waals surface area contributed by atoms with Crippen molar-refractivity contribution >= 4 is 35.1 Å². The highest BCUT2D eigenvalue weighted by Gasteiger charge is 2.49. The number of urea groups is 1. The third kappa shape index (κ3) is 4.29. The molecule has 0 spiro atoms. The van der Waals surface area contributed by atoms with Gasteiger partial charge in [-0.05, 0) is 42.8 Å². The van der Waals surface area contributed by atoms with Crippen LogP contribution in [0, 0.1) is 11.6 Å². The van der Waals surface area contributed by atoms with Gasteiger partial charge in [0.1, 0.15) is 24.0 Å². The molecule has 29 heavy (non-hydrogen) atoms. The molecule has 2 N–H and O–H groups in total. The Balaban J connectivity index is 1.68. The van der Waals surface area contributed by atoms with Gasteiger partial charge in [0.15, 0.2) is 11.6 Å². The number of imide groups is 1. The van der Waals surface area contributed by atoms with Crippen molar-refractivity contribution in [2.45, 2.75) is 18.6 Å². The number of aliphatic hydroxyl groups excluding tert-OH is 1. The molecule has 2 atom stereocenters. The summed E-state index contributed by atoms with van der Waals surface area (Å²) in [5.74, 6) is -2.65. The van der Waals surface area contributed by atoms with Crippen LogP contribution in [0.5, 0.6) is 5.75 Å². The molecule has 1 heterocycles. The molecule has 6 nitrogen and oxygen atoms in total. The van der Waals surface area contributed by atoms with Gasteiger partial charge in [-0.3, -0.25) is 9.69 Å². The van der Waals surface area contributed by atoms with Gasteiger partial charge < -0.3 is 15.2 Å². The van der Waals surface area contributed by atoms with E-state index in [0.717, 1.165) is 17.0 Å². The molecule has 0 radical (unpaired) electrons. The first kappa shape index (κ1) is 21.3. The molecule has 0 aromatic heterocycles. The molecule has 10 heteroatoms. The van der Waals surface area contributed by atoms with Gasteiger partial charge in [-0.15, -0.1) is 0 Å². The molecule has 0 aliphatic carbocycles. The van der Waals surface area contributed by atoms with Gasteiger partial charge in [-0.25, -0.2) is 13.6 Å². The Morgan fingerprint density at radius 3 is 2.55 bits per heavy atom. The lowest BCUT2D eigenvalue weighted by molar-refractivity contribution is -0.132. The summed E-state index contributed by atoms with van der Waals surface area (Å²) in [7, 11) is 0. The standard InChI is InChI=1S/C19H16Cl2F2N2O4/c1-19(10-2-4-14(22)15(23)6-10)17(27)25(18(28)24-19)8-12(26)9-29-16-5-3-11(20)7-13(16)21/h2-7,12,26H,8-9H2,1H3,(H,24,28). The van der Waals surface area contributed by atoms with Crippen LogP contribution in [0.1, 0.15) is 12.5 Å². The topological polar surface area (TPSA) is 78.9 Å². The van der Waals surface area contributed by atoms with E-state index in [9.17, 15) is 23.5 Å². The predicted octanol–water partition coefficient (Wildman–Crippen LogP) is 3.48. The minimum absolute atomic E-state index is 0.0796. The first-order valence-electron chi connectivity index (χ1n) is 8.47. The van der Waals surface area contributed by atoms with Crippen LogP contribution >= 0.6 is 23.2 Å². The minimum atomic E-state index is -1.59. The summed E-state index contributed by atoms with van der Waals surface area (Å²) in [4.78, 5) is 25.8. The number of carbonyl (C=O) groups is 2. The number of aliphatic hydroxyl groups is 1. The van der Waals surface area contributed by atoms with Gasteiger partial charge >= 0.3 is 6.03 Å². The second-order valence-electron chi connectivity index (χ2n) is 6.64. The highest BCUT2D eigenvalue weighted by molar-refractivity contribution is 6.35. The van der Waals surface area contributed by atoms with E-state index in [1.54, 1.807) is 6.07 Å². The molecule has 2 unspecified atom stereocenters. The van der Waals surface area contributed by atoms with E-state index in [2.05, 4.69) is 5.32 Å². The molecule has 1 saturated heterocycles. The van der Waals surface area contributed by atoms with E-state index in [1.165, 1.54) is 25.1 Å². The maximum Gasteiger partial charge on any atom is 0.325 e. The number of hydrogen-bond donors (Lipinski definition) is 2. The number of hydrogen-bond acceptors (Lipinski definition) is 4. The zero-order valence-electron chi connectivity index (χ0n) is 15.1. The van der Waals surface area contributed by atoms with Gasteiger partial charge in [-0.1, -0.05) is 29.3 Å². The Morgan fingerprint density at radius 2 is 1.90 bits per heavy atom. The van der Waals surface area contributed by atoms with Gasteiger partial charge in [0.25, 0.3) is 5.91 Å². The van der Waals surface area contributed by atoms with Crippen LogP contribution in [0.4, 0.5) is 13.6 Å². The lowest BCUT2D eigenvalue weighted by atomic mass is 9.92. The molecular weight excluding hydrogens is 429 g/mol. The molecule has 2 aromatic rings. The van der Waals surface area contributed by atoms with Crippen LogP contribution in [0.3, 0.4) is 0 Å². The fourth-order valence-corrected chi connectivity index (χ4v) is 3.37. The highest BCUT2D eigenvalue weighted by Crippen LogP contribution is 2.30. The minimum Gasteiger partial charge on any atom is -0.489 e. The normalized spacial score (nSPS) is 20.0. The van der Waals surface area contributed by atoms with Crippen molar-refractivity contribution in [3.05, 3.63) is 63.6 Å². The number of halogens is 4. The lowest BCUT2D eigenvalue weighted by Gasteiger charge is -2.23. The van der Waals surface area contributed by atoms with Gasteiger partial charge in [0.2, 0.25) is 0 Å². The zero-order chi connectivity index (χ0) is 21.3. The Bertz CT molecular complexity index is 975. The van der Waals surface area contributed by atoms with Crippen molar-refractivity contribution < 1.29 is 28.2 Å². The molecule has 0 saturated carbocycles. The molecule has 154 valence electrons. The molecule has 1 aliphatic rings. The Morgan fingerprint density at radius 1 is 1.17 bits per heavy atom. The van der Waals surface area contributed by atoms with E-state index < -0.39 is 35.2 Å². The average molecular weight is 445 g/mol. The Hall–Kier alpha value is -2.42. The van der Waals surface area contributed by atoms with Gasteiger partial charge in [0, 0.05) is 5.02 Å². The fraction of sp³-hybridized carbons (Fsp3) is 0.263. The van der Waals surface area contributed by atoms with Crippen molar-refractivity contribution in [3.63, 3.8) is 0 Å². The van der Waals surface area contributed by atoms with Crippen LogP contribution in [-0.2, 0) is 10.3 Å². The third-order valence-corrected chi connectivity index (χ3v) is 5.02. The monoisotopic (exact) mass is 444 g/mol. The fourth-order valence-electron chi connectivity index (χ4n) is 2.91. The summed E-state index contributed by atoms with van der Waals surface area (Å²) >= 11 is 11.8. The quantitative estimate of drug-likeness (QED) is 0.668. The molecule has 0 bridgehead atoms. The van der Waals surface area contributed by atoms with Crippen LogP contribution in [0.25, 0.3) is 0 Å². The maximum absolute atomic E-state index is 13.6. The van der Waals surface area contributed by atoms with E-state index in [1.807, 2.05) is 0 Å². The second-order valence-corrected chi connectivity index (χ2v) is 7.48. The molecule has 2 aromatic carbocycles. The largest absolute Gasteiger partial charge is 0.489 e. The third-order valence-electron chi connectivity index (χ3n) is 4.49. The summed E-state index contributed by atoms with van der Waals surface area (Å²) < 4.78 is 32.2. The predicted molar refractivity (Wildman–Crippen MR) is 102 cm³/mol. The first-order valence-corrected chi connectivity index (χ1v) is 9.23. The number of benzene rings is 2. The van der Waals surface area contributed by atoms with Crippen LogP contribution in [0.2, 0.25) is 10.0 Å². The molecule has 3 amide bonds. The molecule has 1 fully saturated rings. The molecule has 3 rings (SSSR count). The summed E-state index contributed by atoms with van der Waals surface area (Å²) in [5.41, 5.74) is -1.51. The smallest absolute Gasteiger partial charge is 0.325 e. The van der Waals surface area contributed by atoms with Crippen LogP contribution < -0.4 is 10.1 Å². The average Bonchev–Trinajstić information content (AvgIpc) is 2.87. The molecule has 1 aliphatic heterocycles. The number of carbonyl (C=O) groups excluding carboxylic acids is 2. The van der Waals surface area contributed by atoms with E-state index in [-0.39, 0.29) is 29.5 Å². The van der Waals surface area contributed by atoms with E-state index in [0.29, 0.717) is 5.02 Å². The van der Waals surface area contributed by atoms with Crippen LogP contribution in [-0.4, -0.2) is 41.2 Å². The first-order chi connectivity index (χ1) is 13.6. The number of β-amino-alcohol motifs (C(OH)–C–C–N with tert-alkyl or cyclic N) is 1. The number of nitrogens with one attached hydrogen (secondary N) is 1. The number of rotatable bonds is 6. The number of nitrogens with zero attached hydrogens (tertiary/aromatic N) is 1. The van der Waals surface area contributed by atoms with E-state index in [4.69, 9.17) is 27.9 Å². The second kappa shape index (κ2) is 8.14. The number of ether oxygens (including phenoxy) is 1. The zero-order valence-corrected chi connectivity index (χ0v) is 16.6. The van der Waals surface area contributed by atoms with Crippen LogP contribution in [0.15, 0.2) is 36.4 Å². The Kier molecular flexibility index (Phi) is 5.97. The van der Waals surface area contributed by atoms with Gasteiger partial charge in [0.05, 0.1) is 11.6 Å². The SMILES string of the molecule is CC1(c2ccc(F)c(F)c2)NC(=O)N(CC(O)COc2ccc(Cl)cc2Cl)C1=O. The Labute approximate surface area is 175 Å². The maximum atomic E-state index is 13.6. The van der Waals surface area contributed by atoms with E-state index >= 15 is 0 Å². The summed E-state index contributed by atoms with van der Waals surface area (Å²) in [5, 5.41) is 13.3. The number of amides is 3. The summed E-state index contributed by atoms with van der Waals surface area (Å²) in [6, 6.07) is 6.70. The van der Waals surface area contributed by atoms with Crippen molar-refractivity contribution in [2.24, 2.45) is 0 Å². The summed E-state index contributed by atoms with van der Waals surface area (Å²) in [6.07, 6.45) is -1.22. The van der Waals surface area contributed by atoms with Crippen molar-refractivity contribution in [1.29, 1.82) is 0 Å².